The minimum absolute atomic E-state index is 0.154. The lowest BCUT2D eigenvalue weighted by atomic mass is 9.87. The largest absolute Gasteiger partial charge is 0.380 e. The van der Waals surface area contributed by atoms with Gasteiger partial charge in [0.1, 0.15) is 11.4 Å². The van der Waals surface area contributed by atoms with Crippen LogP contribution in [0.25, 0.3) is 22.2 Å². The lowest BCUT2D eigenvalue weighted by Gasteiger charge is -2.35. The number of carbonyl (C=O) groups excluding carboxylic acids is 1. The molecule has 3 aromatic rings. The Balaban J connectivity index is 1.71. The SMILES string of the molecule is COCc1cc(-c2cn(C)c3cnc(NC(C)=O)cc23)nc2c1CCOC21CCOC1. The van der Waals surface area contributed by atoms with Crippen LogP contribution in [0.1, 0.15) is 30.2 Å². The van der Waals surface area contributed by atoms with Gasteiger partial charge in [-0.15, -0.1) is 0 Å². The molecule has 5 rings (SSSR count). The van der Waals surface area contributed by atoms with Gasteiger partial charge >= 0.3 is 0 Å². The molecule has 1 spiro atoms. The fourth-order valence-corrected chi connectivity index (χ4v) is 4.70. The van der Waals surface area contributed by atoms with Crippen LogP contribution in [0.4, 0.5) is 5.82 Å². The van der Waals surface area contributed by atoms with Gasteiger partial charge in [-0.1, -0.05) is 0 Å². The molecule has 1 N–H and O–H groups in total. The molecule has 0 aliphatic carbocycles. The summed E-state index contributed by atoms with van der Waals surface area (Å²) in [7, 11) is 3.69. The van der Waals surface area contributed by atoms with Gasteiger partial charge in [0.2, 0.25) is 5.91 Å². The monoisotopic (exact) mass is 422 g/mol. The summed E-state index contributed by atoms with van der Waals surface area (Å²) in [5.41, 5.74) is 5.62. The lowest BCUT2D eigenvalue weighted by Crippen LogP contribution is -2.38. The Labute approximate surface area is 180 Å². The van der Waals surface area contributed by atoms with Crippen molar-refractivity contribution in [3.8, 4) is 11.3 Å². The fraction of sp³-hybridized carbons (Fsp3) is 0.435. The van der Waals surface area contributed by atoms with Crippen LogP contribution in [-0.4, -0.2) is 47.4 Å². The number of hydrogen-bond donors (Lipinski definition) is 1. The molecule has 2 aliphatic heterocycles. The van der Waals surface area contributed by atoms with Crippen LogP contribution in [0.5, 0.6) is 0 Å². The van der Waals surface area contributed by atoms with E-state index in [9.17, 15) is 4.79 Å². The van der Waals surface area contributed by atoms with E-state index in [4.69, 9.17) is 19.2 Å². The van der Waals surface area contributed by atoms with E-state index in [1.807, 2.05) is 17.7 Å². The number of methoxy groups -OCH3 is 1. The molecule has 0 bridgehead atoms. The van der Waals surface area contributed by atoms with Crippen LogP contribution in [-0.2, 0) is 44.7 Å². The van der Waals surface area contributed by atoms with E-state index < -0.39 is 5.60 Å². The summed E-state index contributed by atoms with van der Waals surface area (Å²) in [5, 5.41) is 3.75. The van der Waals surface area contributed by atoms with E-state index >= 15 is 0 Å². The fourth-order valence-electron chi connectivity index (χ4n) is 4.70. The lowest BCUT2D eigenvalue weighted by molar-refractivity contribution is -0.114. The van der Waals surface area contributed by atoms with Gasteiger partial charge in [0.25, 0.3) is 0 Å². The summed E-state index contributed by atoms with van der Waals surface area (Å²) in [6.07, 6.45) is 5.44. The molecule has 1 unspecified atom stereocenters. The number of aryl methyl sites for hydroxylation is 1. The van der Waals surface area contributed by atoms with E-state index in [1.165, 1.54) is 12.5 Å². The predicted octanol–water partition coefficient (Wildman–Crippen LogP) is 2.93. The third kappa shape index (κ3) is 3.40. The second-order valence-electron chi connectivity index (χ2n) is 8.24. The van der Waals surface area contributed by atoms with Crippen LogP contribution in [0, 0.1) is 0 Å². The smallest absolute Gasteiger partial charge is 0.222 e. The van der Waals surface area contributed by atoms with Crippen molar-refractivity contribution in [1.29, 1.82) is 0 Å². The summed E-state index contributed by atoms with van der Waals surface area (Å²) >= 11 is 0. The van der Waals surface area contributed by atoms with Crippen molar-refractivity contribution in [2.75, 3.05) is 32.2 Å². The molecular formula is C23H26N4O4. The Hall–Kier alpha value is -2.81. The first kappa shape index (κ1) is 20.1. The number of amides is 1. The van der Waals surface area contributed by atoms with Crippen LogP contribution >= 0.6 is 0 Å². The molecule has 5 heterocycles. The van der Waals surface area contributed by atoms with Crippen molar-refractivity contribution in [3.05, 3.63) is 41.3 Å². The Morgan fingerprint density at radius 2 is 2.23 bits per heavy atom. The quantitative estimate of drug-likeness (QED) is 0.696. The molecular weight excluding hydrogens is 396 g/mol. The summed E-state index contributed by atoms with van der Waals surface area (Å²) in [5.74, 6) is 0.366. The third-order valence-electron chi connectivity index (χ3n) is 6.12. The van der Waals surface area contributed by atoms with E-state index in [0.29, 0.717) is 32.2 Å². The zero-order valence-electron chi connectivity index (χ0n) is 18.0. The number of nitrogens with one attached hydrogen (secondary N) is 1. The first-order valence-electron chi connectivity index (χ1n) is 10.5. The number of aromatic nitrogens is 3. The average Bonchev–Trinajstić information content (AvgIpc) is 3.33. The predicted molar refractivity (Wildman–Crippen MR) is 116 cm³/mol. The van der Waals surface area contributed by atoms with Gasteiger partial charge in [0.15, 0.2) is 0 Å². The molecule has 1 fully saturated rings. The number of anilines is 1. The van der Waals surface area contributed by atoms with Crippen molar-refractivity contribution in [3.63, 3.8) is 0 Å². The van der Waals surface area contributed by atoms with Gasteiger partial charge in [-0.3, -0.25) is 4.79 Å². The molecule has 8 nitrogen and oxygen atoms in total. The van der Waals surface area contributed by atoms with Crippen LogP contribution in [0.3, 0.4) is 0 Å². The maximum atomic E-state index is 11.5. The summed E-state index contributed by atoms with van der Waals surface area (Å²) in [6.45, 7) is 3.84. The Morgan fingerprint density at radius 1 is 1.35 bits per heavy atom. The highest BCUT2D eigenvalue weighted by Gasteiger charge is 2.44. The normalized spacial score (nSPS) is 20.4. The van der Waals surface area contributed by atoms with Crippen LogP contribution < -0.4 is 5.32 Å². The zero-order chi connectivity index (χ0) is 21.6. The molecule has 1 saturated heterocycles. The van der Waals surface area contributed by atoms with Crippen LogP contribution in [0.15, 0.2) is 24.5 Å². The maximum absolute atomic E-state index is 11.5. The molecule has 3 aromatic heterocycles. The topological polar surface area (TPSA) is 87.5 Å². The van der Waals surface area contributed by atoms with Gasteiger partial charge in [-0.05, 0) is 29.7 Å². The highest BCUT2D eigenvalue weighted by Crippen LogP contribution is 2.42. The van der Waals surface area contributed by atoms with Crippen molar-refractivity contribution in [2.45, 2.75) is 32.0 Å². The van der Waals surface area contributed by atoms with E-state index in [2.05, 4.69) is 22.6 Å². The number of rotatable bonds is 4. The maximum Gasteiger partial charge on any atom is 0.222 e. The number of hydrogen-bond acceptors (Lipinski definition) is 6. The van der Waals surface area contributed by atoms with Crippen LogP contribution in [0.2, 0.25) is 0 Å². The van der Waals surface area contributed by atoms with Crippen molar-refractivity contribution in [2.24, 2.45) is 7.05 Å². The first-order chi connectivity index (χ1) is 15.0. The molecule has 0 saturated carbocycles. The first-order valence-corrected chi connectivity index (χ1v) is 10.5. The standard InChI is InChI=1S/C23H26N4O4/c1-14(28)25-21-9-17-18(11-27(2)20(17)10-24-21)19-8-15(12-29-3)16-4-6-31-23(22(16)26-19)5-7-30-13-23/h8-11H,4-7,12-13H2,1-3H3,(H,24,25,28). The van der Waals surface area contributed by atoms with Gasteiger partial charge < -0.3 is 24.1 Å². The summed E-state index contributed by atoms with van der Waals surface area (Å²) < 4.78 is 19.5. The molecule has 1 atom stereocenters. The second kappa shape index (κ2) is 7.71. The molecule has 2 aliphatic rings. The van der Waals surface area contributed by atoms with Gasteiger partial charge in [0, 0.05) is 51.3 Å². The minimum atomic E-state index is -0.487. The van der Waals surface area contributed by atoms with E-state index in [1.54, 1.807) is 13.3 Å². The van der Waals surface area contributed by atoms with Crippen molar-refractivity contribution < 1.29 is 19.0 Å². The molecule has 1 amide bonds. The molecule has 31 heavy (non-hydrogen) atoms. The summed E-state index contributed by atoms with van der Waals surface area (Å²) in [4.78, 5) is 21.0. The van der Waals surface area contributed by atoms with Gasteiger partial charge in [-0.25, -0.2) is 9.97 Å². The van der Waals surface area contributed by atoms with Crippen molar-refractivity contribution >= 4 is 22.6 Å². The number of fused-ring (bicyclic) bond motifs is 3. The van der Waals surface area contributed by atoms with E-state index in [0.717, 1.165) is 46.3 Å². The van der Waals surface area contributed by atoms with Gasteiger partial charge in [-0.2, -0.15) is 0 Å². The third-order valence-corrected chi connectivity index (χ3v) is 6.12. The second-order valence-corrected chi connectivity index (χ2v) is 8.24. The number of ether oxygens (including phenoxy) is 3. The van der Waals surface area contributed by atoms with Crippen molar-refractivity contribution in [1.82, 2.24) is 14.5 Å². The molecule has 162 valence electrons. The average molecular weight is 422 g/mol. The highest BCUT2D eigenvalue weighted by atomic mass is 16.6. The zero-order valence-corrected chi connectivity index (χ0v) is 18.0. The summed E-state index contributed by atoms with van der Waals surface area (Å²) in [6, 6.07) is 4.01. The molecule has 0 aromatic carbocycles. The highest BCUT2D eigenvalue weighted by molar-refractivity contribution is 5.98. The molecule has 0 radical (unpaired) electrons. The number of pyridine rings is 2. The number of nitrogens with zero attached hydrogens (tertiary/aromatic N) is 3. The Bertz CT molecular complexity index is 1160. The van der Waals surface area contributed by atoms with Gasteiger partial charge in [0.05, 0.1) is 42.9 Å². The molecule has 8 heteroatoms. The Morgan fingerprint density at radius 3 is 2.97 bits per heavy atom. The van der Waals surface area contributed by atoms with E-state index in [-0.39, 0.29) is 5.91 Å². The number of carbonyl (C=O) groups is 1. The minimum Gasteiger partial charge on any atom is -0.380 e. The Kier molecular flexibility index (Phi) is 5.00.